The second-order valence-corrected chi connectivity index (χ2v) is 13.0. The highest BCUT2D eigenvalue weighted by Gasteiger charge is 2.51. The second-order valence-electron chi connectivity index (χ2n) is 13.0. The number of carbonyl (C=O) groups excluding carboxylic acids is 2. The molecule has 8 rings (SSSR count). The van der Waals surface area contributed by atoms with Gasteiger partial charge in [0, 0.05) is 41.1 Å². The van der Waals surface area contributed by atoms with E-state index >= 15 is 0 Å². The van der Waals surface area contributed by atoms with Gasteiger partial charge < -0.3 is 35.1 Å². The van der Waals surface area contributed by atoms with Crippen LogP contribution in [-0.4, -0.2) is 58.2 Å². The molecule has 2 atom stereocenters. The summed E-state index contributed by atoms with van der Waals surface area (Å²) in [5.74, 6) is -2.96. The zero-order chi connectivity index (χ0) is 33.8. The number of carbonyl (C=O) groups is 2. The number of hydrogen-bond donors (Lipinski definition) is 3. The number of aromatic nitrogens is 3. The van der Waals surface area contributed by atoms with Crippen molar-refractivity contribution in [3.8, 4) is 34.3 Å². The van der Waals surface area contributed by atoms with E-state index < -0.39 is 34.9 Å². The van der Waals surface area contributed by atoms with E-state index in [4.69, 9.17) is 20.2 Å². The predicted molar refractivity (Wildman–Crippen MR) is 161 cm³/mol. The zero-order valence-corrected chi connectivity index (χ0v) is 25.8. The number of methoxy groups -OCH3 is 1. The number of pyridine rings is 1. The minimum absolute atomic E-state index is 0.110. The zero-order valence-electron chi connectivity index (χ0n) is 25.8. The van der Waals surface area contributed by atoms with Crippen LogP contribution in [0.2, 0.25) is 0 Å². The van der Waals surface area contributed by atoms with Gasteiger partial charge in [-0.1, -0.05) is 0 Å². The van der Waals surface area contributed by atoms with Crippen LogP contribution in [-0.2, 0) is 21.6 Å². The van der Waals surface area contributed by atoms with Crippen molar-refractivity contribution in [2.24, 2.45) is 11.7 Å². The first-order valence-corrected chi connectivity index (χ1v) is 15.4. The molecule has 4 aliphatic rings. The minimum atomic E-state index is -3.84. The fourth-order valence-electron chi connectivity index (χ4n) is 6.35. The molecular weight excluding hydrogens is 635 g/mol. The highest BCUT2D eigenvalue weighted by Crippen LogP contribution is 2.51. The molecule has 2 aromatic heterocycles. The van der Waals surface area contributed by atoms with Gasteiger partial charge in [-0.15, -0.1) is 8.78 Å². The van der Waals surface area contributed by atoms with E-state index in [0.717, 1.165) is 0 Å². The molecule has 2 saturated carbocycles. The molecule has 0 saturated heterocycles. The quantitative estimate of drug-likeness (QED) is 0.240. The monoisotopic (exact) mass is 665 g/mol. The third kappa shape index (κ3) is 4.70. The molecule has 1 unspecified atom stereocenters. The number of nitrogens with two attached hydrogens (primary N) is 1. The number of hydrogen-bond acceptors (Lipinski definition) is 9. The molecule has 2 aliphatic carbocycles. The molecule has 12 nitrogen and oxygen atoms in total. The Kier molecular flexibility index (Phi) is 6.30. The van der Waals surface area contributed by atoms with Crippen LogP contribution < -0.4 is 30.0 Å². The van der Waals surface area contributed by atoms with Crippen molar-refractivity contribution in [1.82, 2.24) is 20.1 Å². The lowest BCUT2D eigenvalue weighted by Gasteiger charge is -2.30. The Labute approximate surface area is 270 Å². The predicted octanol–water partition coefficient (Wildman–Crippen LogP) is 4.01. The van der Waals surface area contributed by atoms with Crippen molar-refractivity contribution >= 4 is 22.7 Å². The maximum Gasteiger partial charge on any atom is 0.586 e. The van der Waals surface area contributed by atoms with Gasteiger partial charge in [0.2, 0.25) is 11.7 Å². The summed E-state index contributed by atoms with van der Waals surface area (Å²) in [6.45, 7) is 1.23. The van der Waals surface area contributed by atoms with Gasteiger partial charge in [-0.25, -0.2) is 14.1 Å². The molecule has 0 spiro atoms. The maximum atomic E-state index is 14.7. The molecule has 250 valence electrons. The number of nitrogens with one attached hydrogen (secondary N) is 1. The third-order valence-electron chi connectivity index (χ3n) is 9.63. The Hall–Kier alpha value is -5.05. The molecule has 2 aromatic carbocycles. The summed E-state index contributed by atoms with van der Waals surface area (Å²) in [6, 6.07) is 8.71. The summed E-state index contributed by atoms with van der Waals surface area (Å²) in [4.78, 5) is 31.0. The Morgan fingerprint density at radius 2 is 1.90 bits per heavy atom. The molecular formula is C33H30F3N5O7. The van der Waals surface area contributed by atoms with Crippen molar-refractivity contribution < 1.29 is 46.8 Å². The lowest BCUT2D eigenvalue weighted by atomic mass is 9.81. The lowest BCUT2D eigenvalue weighted by molar-refractivity contribution is -0.286. The first kappa shape index (κ1) is 30.3. The standard InChI is InChI=1S/C33H30F3N5O7/c1-30(29(37)43)15-46-27-20(30)12-24(39-26(27)16-3-6-21-22(10-16)48-33(35,36)47-21)32(44,19-4-5-19)14-38-28(42)17-9-18-13-41(31(34)7-8-31)40-25(18)23(11-17)45-2/h3,6,9-13,19,44H,4-5,7-8,14-15H2,1-2H3,(H2,37,43)(H,38,42)/t30-,32?/m0/s1. The van der Waals surface area contributed by atoms with Crippen LogP contribution in [0.4, 0.5) is 13.2 Å². The smallest absolute Gasteiger partial charge is 0.494 e. The van der Waals surface area contributed by atoms with Gasteiger partial charge in [0.05, 0.1) is 19.3 Å². The third-order valence-corrected chi connectivity index (χ3v) is 9.63. The average molecular weight is 666 g/mol. The Balaban J connectivity index is 1.16. The molecule has 48 heavy (non-hydrogen) atoms. The number of primary amides is 1. The number of fused-ring (bicyclic) bond motifs is 3. The number of halogens is 3. The van der Waals surface area contributed by atoms with Crippen LogP contribution in [0.15, 0.2) is 42.6 Å². The number of amides is 2. The van der Waals surface area contributed by atoms with Crippen molar-refractivity contribution in [1.29, 1.82) is 0 Å². The van der Waals surface area contributed by atoms with Crippen LogP contribution in [0.3, 0.4) is 0 Å². The number of nitrogens with zero attached hydrogens (tertiary/aromatic N) is 3. The molecule has 2 aliphatic heterocycles. The topological polar surface area (TPSA) is 160 Å². The number of rotatable bonds is 9. The number of aliphatic hydroxyl groups is 1. The Morgan fingerprint density at radius 3 is 2.58 bits per heavy atom. The number of benzene rings is 2. The average Bonchev–Trinajstić information content (AvgIpc) is 3.94. The minimum Gasteiger partial charge on any atom is -0.494 e. The number of alkyl halides is 3. The van der Waals surface area contributed by atoms with Gasteiger partial charge in [-0.2, -0.15) is 5.10 Å². The molecule has 2 amide bonds. The van der Waals surface area contributed by atoms with Crippen LogP contribution in [0.25, 0.3) is 22.2 Å². The van der Waals surface area contributed by atoms with Crippen LogP contribution in [0.5, 0.6) is 23.0 Å². The molecule has 4 aromatic rings. The second kappa shape index (κ2) is 9.98. The summed E-state index contributed by atoms with van der Waals surface area (Å²) in [5, 5.41) is 19.9. The first-order chi connectivity index (χ1) is 22.7. The van der Waals surface area contributed by atoms with Gasteiger partial charge in [-0.3, -0.25) is 9.59 Å². The summed E-state index contributed by atoms with van der Waals surface area (Å²) < 4.78 is 64.2. The molecule has 15 heteroatoms. The maximum absolute atomic E-state index is 14.7. The van der Waals surface area contributed by atoms with Gasteiger partial charge in [0.15, 0.2) is 11.5 Å². The highest BCUT2D eigenvalue weighted by molar-refractivity contribution is 6.00. The van der Waals surface area contributed by atoms with Gasteiger partial charge in [0.1, 0.15) is 40.3 Å². The van der Waals surface area contributed by atoms with E-state index in [2.05, 4.69) is 19.9 Å². The summed E-state index contributed by atoms with van der Waals surface area (Å²) in [6.07, 6.45) is -0.340. The molecule has 2 fully saturated rings. The van der Waals surface area contributed by atoms with Gasteiger partial charge in [-0.05, 0) is 62.1 Å². The largest absolute Gasteiger partial charge is 0.586 e. The van der Waals surface area contributed by atoms with E-state index in [0.29, 0.717) is 47.7 Å². The fourth-order valence-corrected chi connectivity index (χ4v) is 6.35. The van der Waals surface area contributed by atoms with E-state index in [1.165, 1.54) is 42.3 Å². The summed E-state index contributed by atoms with van der Waals surface area (Å²) in [7, 11) is 1.43. The summed E-state index contributed by atoms with van der Waals surface area (Å²) in [5.41, 5.74) is 4.36. The van der Waals surface area contributed by atoms with Crippen LogP contribution in [0.1, 0.15) is 54.2 Å². The summed E-state index contributed by atoms with van der Waals surface area (Å²) >= 11 is 0. The van der Waals surface area contributed by atoms with Gasteiger partial charge >= 0.3 is 6.29 Å². The van der Waals surface area contributed by atoms with Crippen molar-refractivity contribution in [3.05, 3.63) is 59.4 Å². The first-order valence-electron chi connectivity index (χ1n) is 15.4. The van der Waals surface area contributed by atoms with Crippen LogP contribution >= 0.6 is 0 Å². The van der Waals surface area contributed by atoms with Crippen LogP contribution in [0, 0.1) is 5.92 Å². The number of ether oxygens (including phenoxy) is 4. The highest BCUT2D eigenvalue weighted by atomic mass is 19.3. The van der Waals surface area contributed by atoms with E-state index in [1.807, 2.05) is 0 Å². The lowest BCUT2D eigenvalue weighted by Crippen LogP contribution is -2.44. The van der Waals surface area contributed by atoms with Crippen molar-refractivity contribution in [2.75, 3.05) is 20.3 Å². The fraction of sp³-hybridized carbons (Fsp3) is 0.394. The molecule has 4 heterocycles. The van der Waals surface area contributed by atoms with Crippen molar-refractivity contribution in [3.63, 3.8) is 0 Å². The normalized spacial score (nSPS) is 22.5. The molecule has 4 N–H and O–H groups in total. The van der Waals surface area contributed by atoms with E-state index in [-0.39, 0.29) is 59.0 Å². The molecule has 0 bridgehead atoms. The van der Waals surface area contributed by atoms with E-state index in [9.17, 15) is 27.9 Å². The van der Waals surface area contributed by atoms with Gasteiger partial charge in [0.25, 0.3) is 5.91 Å². The van der Waals surface area contributed by atoms with E-state index in [1.54, 1.807) is 19.1 Å². The van der Waals surface area contributed by atoms with Crippen molar-refractivity contribution in [2.45, 2.75) is 55.7 Å². The Bertz CT molecular complexity index is 2050. The Morgan fingerprint density at radius 1 is 1.15 bits per heavy atom. The SMILES string of the molecule is COc1cc(C(=O)NCC(O)(c2cc3c(c(-c4ccc5c(c4)OC(F)(F)O5)n2)OC[C@]3(C)C(N)=O)C2CC2)cc2cn(C3(F)CC3)nc12. The molecule has 0 radical (unpaired) electrons.